The van der Waals surface area contributed by atoms with Crippen molar-refractivity contribution in [2.75, 3.05) is 5.75 Å². The highest BCUT2D eigenvalue weighted by Gasteiger charge is 2.32. The lowest BCUT2D eigenvalue weighted by Crippen LogP contribution is -2.31. The van der Waals surface area contributed by atoms with Crippen LogP contribution < -0.4 is 5.32 Å². The predicted octanol–water partition coefficient (Wildman–Crippen LogP) is 5.03. The van der Waals surface area contributed by atoms with Crippen LogP contribution in [0.2, 0.25) is 0 Å². The van der Waals surface area contributed by atoms with Crippen LogP contribution in [0.3, 0.4) is 0 Å². The first-order valence-electron chi connectivity index (χ1n) is 14.3. The van der Waals surface area contributed by atoms with E-state index in [1.54, 1.807) is 41.0 Å². The van der Waals surface area contributed by atoms with Crippen molar-refractivity contribution < 1.29 is 19.4 Å². The highest BCUT2D eigenvalue weighted by atomic mass is 32.2. The second kappa shape index (κ2) is 13.9. The van der Waals surface area contributed by atoms with E-state index >= 15 is 0 Å². The topological polar surface area (TPSA) is 124 Å². The molecule has 2 aromatic heterocycles. The first-order valence-corrected chi connectivity index (χ1v) is 15.3. The van der Waals surface area contributed by atoms with Crippen molar-refractivity contribution in [3.8, 4) is 11.1 Å². The summed E-state index contributed by atoms with van der Waals surface area (Å²) in [7, 11) is 1.82. The van der Waals surface area contributed by atoms with Gasteiger partial charge in [-0.2, -0.15) is 0 Å². The third-order valence-electron chi connectivity index (χ3n) is 7.41. The minimum atomic E-state index is -0.558. The van der Waals surface area contributed by atoms with E-state index in [-0.39, 0.29) is 24.7 Å². The number of aryl methyl sites for hydroxylation is 1. The number of tetrazole rings is 1. The van der Waals surface area contributed by atoms with Gasteiger partial charge in [0.25, 0.3) is 5.91 Å². The molecule has 0 bridgehead atoms. The first kappa shape index (κ1) is 29.6. The van der Waals surface area contributed by atoms with E-state index in [2.05, 4.69) is 50.1 Å². The molecule has 2 N–H and O–H groups in total. The van der Waals surface area contributed by atoms with Crippen LogP contribution in [0.25, 0.3) is 11.1 Å². The number of benzene rings is 3. The Balaban J connectivity index is 1.16. The van der Waals surface area contributed by atoms with E-state index in [1.807, 2.05) is 55.6 Å². The van der Waals surface area contributed by atoms with Gasteiger partial charge in [0, 0.05) is 43.7 Å². The van der Waals surface area contributed by atoms with Crippen LogP contribution >= 0.6 is 11.8 Å². The summed E-state index contributed by atoms with van der Waals surface area (Å²) in [4.78, 5) is 16.5. The zero-order valence-electron chi connectivity index (χ0n) is 24.1. The van der Waals surface area contributed by atoms with Gasteiger partial charge in [0.15, 0.2) is 6.29 Å². The van der Waals surface area contributed by atoms with E-state index in [0.717, 1.165) is 38.5 Å². The van der Waals surface area contributed by atoms with Gasteiger partial charge >= 0.3 is 0 Å². The molecule has 5 aromatic rings. The van der Waals surface area contributed by atoms with Gasteiger partial charge in [-0.05, 0) is 56.4 Å². The van der Waals surface area contributed by atoms with Crippen LogP contribution in [-0.2, 0) is 29.7 Å². The van der Waals surface area contributed by atoms with Gasteiger partial charge in [0.1, 0.15) is 0 Å². The third kappa shape index (κ3) is 7.20. The molecule has 10 nitrogen and oxygen atoms in total. The number of carbonyl (C=O) groups excluding carboxylic acids is 1. The predicted molar refractivity (Wildman–Crippen MR) is 165 cm³/mol. The van der Waals surface area contributed by atoms with Crippen molar-refractivity contribution in [2.45, 2.75) is 43.2 Å². The van der Waals surface area contributed by atoms with E-state index in [4.69, 9.17) is 9.47 Å². The average molecular weight is 609 g/mol. The monoisotopic (exact) mass is 608 g/mol. The normalized spacial score (nSPS) is 18.2. The maximum absolute atomic E-state index is 12.4. The van der Waals surface area contributed by atoms with E-state index in [9.17, 15) is 9.90 Å². The molecule has 1 fully saturated rings. The zero-order chi connectivity index (χ0) is 30.3. The van der Waals surface area contributed by atoms with Gasteiger partial charge in [-0.25, -0.2) is 4.68 Å². The summed E-state index contributed by atoms with van der Waals surface area (Å²) >= 11 is 1.55. The van der Waals surface area contributed by atoms with Crippen LogP contribution in [0.15, 0.2) is 102 Å². The molecule has 3 atom stereocenters. The van der Waals surface area contributed by atoms with Crippen molar-refractivity contribution >= 4 is 17.7 Å². The summed E-state index contributed by atoms with van der Waals surface area (Å²) in [6.45, 7) is 0.408. The second-order valence-corrected chi connectivity index (χ2v) is 11.5. The Morgan fingerprint density at radius 1 is 0.977 bits per heavy atom. The lowest BCUT2D eigenvalue weighted by atomic mass is 9.99. The number of hydrogen-bond donors (Lipinski definition) is 2. The van der Waals surface area contributed by atoms with Crippen molar-refractivity contribution in [2.24, 2.45) is 7.05 Å². The maximum atomic E-state index is 12.4. The molecule has 3 unspecified atom stereocenters. The smallest absolute Gasteiger partial charge is 0.253 e. The van der Waals surface area contributed by atoms with Gasteiger partial charge in [-0.3, -0.25) is 9.78 Å². The van der Waals surface area contributed by atoms with Crippen molar-refractivity contribution in [1.29, 1.82) is 0 Å². The highest BCUT2D eigenvalue weighted by molar-refractivity contribution is 7.99. The Hall–Kier alpha value is -4.42. The molecule has 0 radical (unpaired) electrons. The molecule has 6 rings (SSSR count). The van der Waals surface area contributed by atoms with Crippen molar-refractivity contribution in [1.82, 2.24) is 30.5 Å². The molecule has 1 amide bonds. The third-order valence-corrected chi connectivity index (χ3v) is 8.56. The fourth-order valence-electron chi connectivity index (χ4n) is 5.01. The van der Waals surface area contributed by atoms with Crippen LogP contribution in [0.4, 0.5) is 0 Å². The maximum Gasteiger partial charge on any atom is 0.253 e. The first-order chi connectivity index (χ1) is 21.6. The molecule has 224 valence electrons. The van der Waals surface area contributed by atoms with Gasteiger partial charge < -0.3 is 19.9 Å². The fourth-order valence-corrected chi connectivity index (χ4v) is 5.88. The number of aromatic nitrogens is 5. The van der Waals surface area contributed by atoms with Gasteiger partial charge in [0.05, 0.1) is 24.4 Å². The number of ether oxygens (including phenoxy) is 2. The highest BCUT2D eigenvalue weighted by Crippen LogP contribution is 2.39. The Labute approximate surface area is 259 Å². The lowest BCUT2D eigenvalue weighted by Gasteiger charge is -2.36. The van der Waals surface area contributed by atoms with Crippen molar-refractivity contribution in [3.05, 3.63) is 125 Å². The summed E-state index contributed by atoms with van der Waals surface area (Å²) in [6.07, 6.45) is 3.04. The minimum absolute atomic E-state index is 0.00215. The fraction of sp³-hybridized carbons (Fsp3) is 0.242. The molecule has 3 heterocycles. The Bertz CT molecular complexity index is 1680. The molecule has 44 heavy (non-hydrogen) atoms. The van der Waals surface area contributed by atoms with Crippen LogP contribution in [0.1, 0.15) is 51.4 Å². The molecule has 3 aromatic carbocycles. The Morgan fingerprint density at radius 2 is 1.80 bits per heavy atom. The van der Waals surface area contributed by atoms with Crippen LogP contribution in [-0.4, -0.2) is 48.1 Å². The molecular weight excluding hydrogens is 576 g/mol. The number of nitrogens with one attached hydrogen (secondary N) is 1. The molecule has 0 saturated carbocycles. The molecule has 0 spiro atoms. The van der Waals surface area contributed by atoms with Gasteiger partial charge in [-0.1, -0.05) is 78.5 Å². The number of pyridine rings is 1. The van der Waals surface area contributed by atoms with Crippen molar-refractivity contribution in [3.63, 3.8) is 0 Å². The molecule has 1 aliphatic heterocycles. The number of rotatable bonds is 10. The Morgan fingerprint density at radius 3 is 2.52 bits per heavy atom. The molecule has 1 aliphatic rings. The summed E-state index contributed by atoms with van der Waals surface area (Å²) in [5, 5.41) is 24.9. The standard InChI is InChI=1S/C33H32N6O4S/c1-39-33(36-37-38-39)44-21-29-17-30(25-9-7-22(20-40)8-10-25)43-32(42-29)26-13-11-24(12-14-26)27-5-2-4-23(16-27)18-35-31(41)28-6-3-15-34-19-28/h2-16,19,29-30,32,40H,17-18,20-21H2,1H3,(H,35,41). The largest absolute Gasteiger partial charge is 0.392 e. The molecular formula is C33H32N6O4S. The molecule has 0 aliphatic carbocycles. The number of thioether (sulfide) groups is 1. The number of nitrogens with zero attached hydrogens (tertiary/aromatic N) is 5. The van der Waals surface area contributed by atoms with Gasteiger partial charge in [0.2, 0.25) is 5.16 Å². The quantitative estimate of drug-likeness (QED) is 0.210. The summed E-state index contributed by atoms with van der Waals surface area (Å²) in [6, 6.07) is 27.6. The molecule has 1 saturated heterocycles. The van der Waals surface area contributed by atoms with Crippen LogP contribution in [0, 0.1) is 0 Å². The second-order valence-electron chi connectivity index (χ2n) is 10.5. The number of carbonyl (C=O) groups is 1. The summed E-state index contributed by atoms with van der Waals surface area (Å²) in [5.41, 5.74) is 6.43. The van der Waals surface area contributed by atoms with Gasteiger partial charge in [-0.15, -0.1) is 5.10 Å². The van der Waals surface area contributed by atoms with Crippen LogP contribution in [0.5, 0.6) is 0 Å². The summed E-state index contributed by atoms with van der Waals surface area (Å²) in [5.74, 6) is 0.509. The number of amides is 1. The van der Waals surface area contributed by atoms with E-state index in [1.165, 1.54) is 0 Å². The number of aliphatic hydroxyl groups excluding tert-OH is 1. The summed E-state index contributed by atoms with van der Waals surface area (Å²) < 4.78 is 14.6. The minimum Gasteiger partial charge on any atom is -0.392 e. The molecule has 11 heteroatoms. The van der Waals surface area contributed by atoms with E-state index in [0.29, 0.717) is 24.3 Å². The average Bonchev–Trinajstić information content (AvgIpc) is 3.51. The Kier molecular flexibility index (Phi) is 9.37. The SMILES string of the molecule is Cn1nnnc1SCC1CC(c2ccc(CO)cc2)OC(c2ccc(-c3cccc(CNC(=O)c4cccnc4)c3)cc2)O1. The number of aliphatic hydroxyl groups is 1. The zero-order valence-corrected chi connectivity index (χ0v) is 24.9. The van der Waals surface area contributed by atoms with E-state index < -0.39 is 6.29 Å². The number of hydrogen-bond acceptors (Lipinski definition) is 9. The lowest BCUT2D eigenvalue weighted by molar-refractivity contribution is -0.245.